The molecule has 4 heteroatoms. The first-order valence-electron chi connectivity index (χ1n) is 7.50. The minimum atomic E-state index is 0.366. The maximum absolute atomic E-state index is 5.17. The molecule has 1 heterocycles. The third-order valence-electron chi connectivity index (χ3n) is 4.65. The van der Waals surface area contributed by atoms with E-state index in [9.17, 15) is 0 Å². The number of anilines is 1. The summed E-state index contributed by atoms with van der Waals surface area (Å²) in [6.45, 7) is 2.25. The lowest BCUT2D eigenvalue weighted by Crippen LogP contribution is -2.39. The van der Waals surface area contributed by atoms with E-state index in [1.807, 2.05) is 24.3 Å². The molecule has 0 amide bonds. The van der Waals surface area contributed by atoms with Gasteiger partial charge in [-0.15, -0.1) is 0 Å². The molecule has 1 spiro atoms. The summed E-state index contributed by atoms with van der Waals surface area (Å²) in [7, 11) is 1.68. The Hall–Kier alpha value is -1.55. The zero-order chi connectivity index (χ0) is 13.8. The lowest BCUT2D eigenvalue weighted by Gasteiger charge is -2.34. The Morgan fingerprint density at radius 1 is 1.15 bits per heavy atom. The van der Waals surface area contributed by atoms with Gasteiger partial charge in [0.2, 0.25) is 0 Å². The number of piperidine rings is 1. The van der Waals surface area contributed by atoms with Crippen molar-refractivity contribution < 1.29 is 4.74 Å². The SMILES string of the molecule is COc1ccc(N/N=C2\CCCC23CCNCC3)cc1. The minimum Gasteiger partial charge on any atom is -0.497 e. The van der Waals surface area contributed by atoms with Crippen molar-refractivity contribution in [3.63, 3.8) is 0 Å². The summed E-state index contributed by atoms with van der Waals surface area (Å²) >= 11 is 0. The van der Waals surface area contributed by atoms with Gasteiger partial charge in [0, 0.05) is 11.1 Å². The second kappa shape index (κ2) is 5.83. The van der Waals surface area contributed by atoms with Crippen molar-refractivity contribution in [2.24, 2.45) is 10.5 Å². The molecule has 1 aliphatic carbocycles. The molecular formula is C16H23N3O. The second-order valence-electron chi connectivity index (χ2n) is 5.78. The first-order chi connectivity index (χ1) is 9.82. The van der Waals surface area contributed by atoms with E-state index in [-0.39, 0.29) is 0 Å². The molecule has 2 N–H and O–H groups in total. The molecule has 1 aromatic carbocycles. The Morgan fingerprint density at radius 2 is 1.90 bits per heavy atom. The van der Waals surface area contributed by atoms with Crippen LogP contribution in [-0.2, 0) is 0 Å². The molecule has 1 saturated heterocycles. The Labute approximate surface area is 120 Å². The monoisotopic (exact) mass is 273 g/mol. The smallest absolute Gasteiger partial charge is 0.119 e. The summed E-state index contributed by atoms with van der Waals surface area (Å²) in [6.07, 6.45) is 6.19. The number of hydrogen-bond donors (Lipinski definition) is 2. The average Bonchev–Trinajstić information content (AvgIpc) is 2.88. The van der Waals surface area contributed by atoms with Gasteiger partial charge in [0.25, 0.3) is 0 Å². The van der Waals surface area contributed by atoms with E-state index in [0.717, 1.165) is 30.9 Å². The maximum atomic E-state index is 5.17. The van der Waals surface area contributed by atoms with Crippen molar-refractivity contribution >= 4 is 11.4 Å². The van der Waals surface area contributed by atoms with Crippen molar-refractivity contribution in [3.8, 4) is 5.75 Å². The molecule has 2 fully saturated rings. The van der Waals surface area contributed by atoms with Crippen molar-refractivity contribution in [2.45, 2.75) is 32.1 Å². The summed E-state index contributed by atoms with van der Waals surface area (Å²) in [5.74, 6) is 0.874. The first kappa shape index (κ1) is 13.4. The van der Waals surface area contributed by atoms with E-state index in [4.69, 9.17) is 9.84 Å². The first-order valence-corrected chi connectivity index (χ1v) is 7.50. The molecule has 1 aliphatic heterocycles. The van der Waals surface area contributed by atoms with Crippen LogP contribution in [0.5, 0.6) is 5.75 Å². The number of methoxy groups -OCH3 is 1. The van der Waals surface area contributed by atoms with Gasteiger partial charge in [-0.05, 0) is 69.5 Å². The third kappa shape index (κ3) is 2.66. The van der Waals surface area contributed by atoms with Gasteiger partial charge in [-0.25, -0.2) is 0 Å². The maximum Gasteiger partial charge on any atom is 0.119 e. The fourth-order valence-corrected chi connectivity index (χ4v) is 3.42. The minimum absolute atomic E-state index is 0.366. The molecule has 1 aromatic rings. The molecule has 1 saturated carbocycles. The van der Waals surface area contributed by atoms with Crippen LogP contribution in [0.1, 0.15) is 32.1 Å². The van der Waals surface area contributed by atoms with Gasteiger partial charge >= 0.3 is 0 Å². The molecular weight excluding hydrogens is 250 g/mol. The topological polar surface area (TPSA) is 45.6 Å². The Balaban J connectivity index is 1.70. The lowest BCUT2D eigenvalue weighted by atomic mass is 9.76. The van der Waals surface area contributed by atoms with Gasteiger partial charge in [-0.3, -0.25) is 5.43 Å². The van der Waals surface area contributed by atoms with E-state index in [0.29, 0.717) is 5.41 Å². The highest BCUT2D eigenvalue weighted by Gasteiger charge is 2.40. The number of hydrogen-bond acceptors (Lipinski definition) is 4. The van der Waals surface area contributed by atoms with E-state index in [1.54, 1.807) is 7.11 Å². The number of hydrazone groups is 1. The van der Waals surface area contributed by atoms with Crippen molar-refractivity contribution in [2.75, 3.05) is 25.6 Å². The quantitative estimate of drug-likeness (QED) is 0.832. The number of ether oxygens (including phenoxy) is 1. The highest BCUT2D eigenvalue weighted by Crippen LogP contribution is 2.42. The predicted molar refractivity (Wildman–Crippen MR) is 82.4 cm³/mol. The van der Waals surface area contributed by atoms with Crippen LogP contribution >= 0.6 is 0 Å². The normalized spacial score (nSPS) is 23.1. The summed E-state index contributed by atoms with van der Waals surface area (Å²) in [4.78, 5) is 0. The molecule has 20 heavy (non-hydrogen) atoms. The summed E-state index contributed by atoms with van der Waals surface area (Å²) in [5.41, 5.74) is 5.98. The van der Waals surface area contributed by atoms with Gasteiger partial charge in [-0.1, -0.05) is 0 Å². The number of nitrogens with one attached hydrogen (secondary N) is 2. The zero-order valence-corrected chi connectivity index (χ0v) is 12.1. The van der Waals surface area contributed by atoms with E-state index < -0.39 is 0 Å². The number of benzene rings is 1. The molecule has 0 radical (unpaired) electrons. The van der Waals surface area contributed by atoms with Crippen LogP contribution in [0, 0.1) is 5.41 Å². The number of nitrogens with zero attached hydrogens (tertiary/aromatic N) is 1. The highest BCUT2D eigenvalue weighted by molar-refractivity contribution is 5.92. The van der Waals surface area contributed by atoms with Crippen LogP contribution in [0.25, 0.3) is 0 Å². The van der Waals surface area contributed by atoms with Crippen LogP contribution in [-0.4, -0.2) is 25.9 Å². The van der Waals surface area contributed by atoms with Crippen LogP contribution in [0.4, 0.5) is 5.69 Å². The van der Waals surface area contributed by atoms with Crippen molar-refractivity contribution in [3.05, 3.63) is 24.3 Å². The summed E-state index contributed by atoms with van der Waals surface area (Å²) in [6, 6.07) is 7.93. The second-order valence-corrected chi connectivity index (χ2v) is 5.78. The van der Waals surface area contributed by atoms with Gasteiger partial charge in [0.05, 0.1) is 12.8 Å². The molecule has 0 aromatic heterocycles. The van der Waals surface area contributed by atoms with E-state index in [2.05, 4.69) is 10.7 Å². The van der Waals surface area contributed by atoms with E-state index >= 15 is 0 Å². The van der Waals surface area contributed by atoms with Crippen molar-refractivity contribution in [1.29, 1.82) is 0 Å². The van der Waals surface area contributed by atoms with Gasteiger partial charge in [0.15, 0.2) is 0 Å². The molecule has 0 unspecified atom stereocenters. The molecule has 4 nitrogen and oxygen atoms in total. The molecule has 108 valence electrons. The lowest BCUT2D eigenvalue weighted by molar-refractivity contribution is 0.296. The largest absolute Gasteiger partial charge is 0.497 e. The Morgan fingerprint density at radius 3 is 2.60 bits per heavy atom. The average molecular weight is 273 g/mol. The Kier molecular flexibility index (Phi) is 3.92. The fourth-order valence-electron chi connectivity index (χ4n) is 3.42. The summed E-state index contributed by atoms with van der Waals surface area (Å²) in [5, 5.41) is 8.18. The third-order valence-corrected chi connectivity index (χ3v) is 4.65. The zero-order valence-electron chi connectivity index (χ0n) is 12.1. The van der Waals surface area contributed by atoms with Crippen LogP contribution in [0.2, 0.25) is 0 Å². The predicted octanol–water partition coefficient (Wildman–Crippen LogP) is 3.02. The Bertz CT molecular complexity index is 475. The van der Waals surface area contributed by atoms with E-state index in [1.165, 1.54) is 31.4 Å². The fraction of sp³-hybridized carbons (Fsp3) is 0.562. The van der Waals surface area contributed by atoms with Crippen molar-refractivity contribution in [1.82, 2.24) is 5.32 Å². The molecule has 0 atom stereocenters. The van der Waals surface area contributed by atoms with Crippen LogP contribution in [0.15, 0.2) is 29.4 Å². The standard InChI is InChI=1S/C16H23N3O/c1-20-14-6-4-13(5-7-14)18-19-15-3-2-8-16(15)9-11-17-12-10-16/h4-7,17-18H,2-3,8-12H2,1H3/b19-15+. The highest BCUT2D eigenvalue weighted by atomic mass is 16.5. The number of rotatable bonds is 3. The van der Waals surface area contributed by atoms with Crippen LogP contribution < -0.4 is 15.5 Å². The van der Waals surface area contributed by atoms with Gasteiger partial charge in [0.1, 0.15) is 5.75 Å². The molecule has 3 rings (SSSR count). The summed E-state index contributed by atoms with van der Waals surface area (Å²) < 4.78 is 5.17. The van der Waals surface area contributed by atoms with Gasteiger partial charge in [-0.2, -0.15) is 5.10 Å². The van der Waals surface area contributed by atoms with Crippen LogP contribution in [0.3, 0.4) is 0 Å². The molecule has 2 aliphatic rings. The van der Waals surface area contributed by atoms with Gasteiger partial charge < -0.3 is 10.1 Å². The molecule has 0 bridgehead atoms.